The van der Waals surface area contributed by atoms with Crippen molar-refractivity contribution in [2.24, 2.45) is 5.41 Å². The van der Waals surface area contributed by atoms with Crippen LogP contribution in [0.3, 0.4) is 0 Å². The molecule has 0 aliphatic carbocycles. The van der Waals surface area contributed by atoms with Gasteiger partial charge in [0, 0.05) is 29.7 Å². The van der Waals surface area contributed by atoms with E-state index in [-0.39, 0.29) is 19.0 Å². The summed E-state index contributed by atoms with van der Waals surface area (Å²) in [5.74, 6) is -1.47. The van der Waals surface area contributed by atoms with Crippen molar-refractivity contribution >= 4 is 28.9 Å². The first kappa shape index (κ1) is 27.1. The molecule has 2 amide bonds. The molecule has 200 valence electrons. The number of aromatic nitrogens is 1. The number of carboxylic acids is 1. The molecule has 2 aromatic carbocycles. The van der Waals surface area contributed by atoms with Crippen LogP contribution in [0.4, 0.5) is 4.79 Å². The fourth-order valence-corrected chi connectivity index (χ4v) is 4.75. The summed E-state index contributed by atoms with van der Waals surface area (Å²) in [6, 6.07) is 16.7. The highest BCUT2D eigenvalue weighted by Crippen LogP contribution is 2.32. The maximum Gasteiger partial charge on any atom is 0.410 e. The van der Waals surface area contributed by atoms with Crippen molar-refractivity contribution in [3.05, 3.63) is 77.0 Å². The molecule has 1 aromatic heterocycles. The summed E-state index contributed by atoms with van der Waals surface area (Å²) in [6.45, 7) is 8.87. The number of hydrogen-bond acceptors (Lipinski definition) is 5. The number of carbonyl (C=O) groups excluding carboxylic acids is 2. The Kier molecular flexibility index (Phi) is 7.44. The fourth-order valence-electron chi connectivity index (χ4n) is 4.75. The second kappa shape index (κ2) is 10.4. The number of fused-ring (bicyclic) bond motifs is 1. The minimum atomic E-state index is -1.34. The van der Waals surface area contributed by atoms with Crippen LogP contribution >= 0.6 is 0 Å². The molecule has 8 nitrogen and oxygen atoms in total. The number of likely N-dealkylation sites (tertiary alicyclic amines) is 1. The molecule has 2 heterocycles. The second-order valence-electron chi connectivity index (χ2n) is 11.1. The molecule has 2 N–H and O–H groups in total. The molecular formula is C30H35N3O5. The Bertz CT molecular complexity index is 1360. The second-order valence-corrected chi connectivity index (χ2v) is 11.1. The number of rotatable bonds is 6. The van der Waals surface area contributed by atoms with Gasteiger partial charge in [-0.15, -0.1) is 0 Å². The highest BCUT2D eigenvalue weighted by Gasteiger charge is 2.51. The number of aryl methyl sites for hydroxylation is 1. The number of carbonyl (C=O) groups is 3. The summed E-state index contributed by atoms with van der Waals surface area (Å²) in [4.78, 5) is 43.9. The molecule has 0 spiro atoms. The van der Waals surface area contributed by atoms with Gasteiger partial charge >= 0.3 is 12.1 Å². The largest absolute Gasteiger partial charge is 0.481 e. The maximum atomic E-state index is 13.1. The van der Waals surface area contributed by atoms with Gasteiger partial charge in [0.1, 0.15) is 11.0 Å². The first-order chi connectivity index (χ1) is 17.9. The highest BCUT2D eigenvalue weighted by atomic mass is 16.6. The van der Waals surface area contributed by atoms with Crippen LogP contribution in [-0.2, 0) is 22.4 Å². The minimum absolute atomic E-state index is 0.0520. The van der Waals surface area contributed by atoms with Gasteiger partial charge in [0.2, 0.25) is 0 Å². The zero-order chi connectivity index (χ0) is 27.7. The monoisotopic (exact) mass is 517 g/mol. The number of aliphatic carboxylic acids is 1. The number of pyridine rings is 1. The van der Waals surface area contributed by atoms with E-state index in [0.717, 1.165) is 28.6 Å². The van der Waals surface area contributed by atoms with E-state index in [1.807, 2.05) is 30.3 Å². The number of nitrogens with one attached hydrogen (secondary N) is 1. The van der Waals surface area contributed by atoms with Crippen molar-refractivity contribution in [1.82, 2.24) is 15.2 Å². The van der Waals surface area contributed by atoms with Gasteiger partial charge < -0.3 is 20.1 Å². The average molecular weight is 518 g/mol. The third kappa shape index (κ3) is 5.79. The van der Waals surface area contributed by atoms with Crippen LogP contribution in [0, 0.1) is 5.41 Å². The predicted octanol–water partition coefficient (Wildman–Crippen LogP) is 4.83. The molecule has 1 aliphatic rings. The summed E-state index contributed by atoms with van der Waals surface area (Å²) in [5.41, 5.74) is 2.60. The van der Waals surface area contributed by atoms with Crippen LogP contribution in [0.1, 0.15) is 61.8 Å². The average Bonchev–Trinajstić information content (AvgIpc) is 3.21. The number of ether oxygens (including phenoxy) is 1. The molecule has 1 fully saturated rings. The van der Waals surface area contributed by atoms with E-state index >= 15 is 0 Å². The van der Waals surface area contributed by atoms with Crippen LogP contribution < -0.4 is 5.32 Å². The predicted molar refractivity (Wildman–Crippen MR) is 145 cm³/mol. The van der Waals surface area contributed by atoms with Crippen molar-refractivity contribution < 1.29 is 24.2 Å². The van der Waals surface area contributed by atoms with E-state index in [1.165, 1.54) is 17.4 Å². The van der Waals surface area contributed by atoms with E-state index < -0.39 is 29.1 Å². The number of benzene rings is 2. The lowest BCUT2D eigenvalue weighted by Crippen LogP contribution is -2.49. The summed E-state index contributed by atoms with van der Waals surface area (Å²) in [5, 5.41) is 13.9. The van der Waals surface area contributed by atoms with Gasteiger partial charge in [-0.25, -0.2) is 4.79 Å². The van der Waals surface area contributed by atoms with E-state index in [4.69, 9.17) is 9.72 Å². The number of para-hydroxylation sites is 1. The van der Waals surface area contributed by atoms with Crippen LogP contribution in [0.15, 0.2) is 54.6 Å². The van der Waals surface area contributed by atoms with E-state index in [1.54, 1.807) is 32.9 Å². The zero-order valence-electron chi connectivity index (χ0n) is 22.6. The molecule has 1 aliphatic heterocycles. The van der Waals surface area contributed by atoms with Crippen molar-refractivity contribution in [2.75, 3.05) is 13.1 Å². The number of hydrogen-bond donors (Lipinski definition) is 2. The van der Waals surface area contributed by atoms with Crippen molar-refractivity contribution in [2.45, 2.75) is 59.1 Å². The van der Waals surface area contributed by atoms with Gasteiger partial charge in [-0.2, -0.15) is 0 Å². The summed E-state index contributed by atoms with van der Waals surface area (Å²) >= 11 is 0. The molecule has 0 bridgehead atoms. The van der Waals surface area contributed by atoms with E-state index in [0.29, 0.717) is 12.0 Å². The minimum Gasteiger partial charge on any atom is -0.481 e. The van der Waals surface area contributed by atoms with Gasteiger partial charge in [-0.05, 0) is 75.9 Å². The Morgan fingerprint density at radius 1 is 1.13 bits per heavy atom. The molecule has 0 radical (unpaired) electrons. The molecule has 0 unspecified atom stereocenters. The Balaban J connectivity index is 1.48. The maximum absolute atomic E-state index is 13.1. The third-order valence-electron chi connectivity index (χ3n) is 6.96. The SMILES string of the molecule is CCc1cc(Cc2ccc(C(=O)N[C@@H]3CN(C(=O)OC(C)(C)C)C[C@]3(C)C(=O)O)cc2)c2ccccc2n1. The fraction of sp³-hybridized carbons (Fsp3) is 0.400. The van der Waals surface area contributed by atoms with Crippen LogP contribution in [0.5, 0.6) is 0 Å². The van der Waals surface area contributed by atoms with Crippen LogP contribution in [0.2, 0.25) is 0 Å². The summed E-state index contributed by atoms with van der Waals surface area (Å²) in [7, 11) is 0. The Hall–Kier alpha value is -3.94. The van der Waals surface area contributed by atoms with Gasteiger partial charge in [-0.1, -0.05) is 37.3 Å². The van der Waals surface area contributed by atoms with E-state index in [9.17, 15) is 19.5 Å². The molecule has 2 atom stereocenters. The van der Waals surface area contributed by atoms with E-state index in [2.05, 4.69) is 24.4 Å². The van der Waals surface area contributed by atoms with Gasteiger partial charge in [0.05, 0.1) is 11.6 Å². The zero-order valence-corrected chi connectivity index (χ0v) is 22.6. The smallest absolute Gasteiger partial charge is 0.410 e. The molecule has 0 saturated carbocycles. The lowest BCUT2D eigenvalue weighted by molar-refractivity contribution is -0.147. The molecule has 4 rings (SSSR count). The molecule has 1 saturated heterocycles. The van der Waals surface area contributed by atoms with Crippen LogP contribution in [0.25, 0.3) is 10.9 Å². The first-order valence-corrected chi connectivity index (χ1v) is 12.9. The van der Waals surface area contributed by atoms with Gasteiger partial charge in [-0.3, -0.25) is 14.6 Å². The number of carboxylic acid groups (broad SMARTS) is 1. The summed E-state index contributed by atoms with van der Waals surface area (Å²) < 4.78 is 5.41. The topological polar surface area (TPSA) is 109 Å². The third-order valence-corrected chi connectivity index (χ3v) is 6.96. The van der Waals surface area contributed by atoms with Gasteiger partial charge in [0.15, 0.2) is 0 Å². The molecule has 38 heavy (non-hydrogen) atoms. The normalized spacial score (nSPS) is 19.4. The Morgan fingerprint density at radius 3 is 2.45 bits per heavy atom. The summed E-state index contributed by atoms with van der Waals surface area (Å²) in [6.07, 6.45) is 0.947. The molecular weight excluding hydrogens is 482 g/mol. The van der Waals surface area contributed by atoms with Crippen molar-refractivity contribution in [3.63, 3.8) is 0 Å². The standard InChI is InChI=1S/C30H35N3O5/c1-6-22-16-21(23-9-7-8-10-24(23)31-22)15-19-11-13-20(14-12-19)26(34)32-25-17-33(18-30(25,5)27(35)36)28(37)38-29(2,3)4/h7-14,16,25H,6,15,17-18H2,1-5H3,(H,32,34)(H,35,36)/t25-,30+/m1/s1. The molecule has 8 heteroatoms. The van der Waals surface area contributed by atoms with Crippen LogP contribution in [-0.4, -0.2) is 57.7 Å². The first-order valence-electron chi connectivity index (χ1n) is 12.9. The lowest BCUT2D eigenvalue weighted by Gasteiger charge is -2.26. The molecule has 3 aromatic rings. The highest BCUT2D eigenvalue weighted by molar-refractivity contribution is 5.95. The Morgan fingerprint density at radius 2 is 1.82 bits per heavy atom. The van der Waals surface area contributed by atoms with Gasteiger partial charge in [0.25, 0.3) is 5.91 Å². The van der Waals surface area contributed by atoms with Crippen molar-refractivity contribution in [1.29, 1.82) is 0 Å². The quantitative estimate of drug-likeness (QED) is 0.485. The van der Waals surface area contributed by atoms with Crippen molar-refractivity contribution in [3.8, 4) is 0 Å². The lowest BCUT2D eigenvalue weighted by atomic mass is 9.85. The number of nitrogens with zero attached hydrogens (tertiary/aromatic N) is 2. The Labute approximate surface area is 223 Å². The number of amides is 2.